The van der Waals surface area contributed by atoms with Gasteiger partial charge in [0.05, 0.1) is 10.3 Å². The molecule has 1 amide bonds. The summed E-state index contributed by atoms with van der Waals surface area (Å²) in [7, 11) is -3.81. The van der Waals surface area contributed by atoms with Gasteiger partial charge in [0.15, 0.2) is 5.65 Å². The molecule has 0 atom stereocenters. The van der Waals surface area contributed by atoms with E-state index in [4.69, 9.17) is 4.74 Å². The zero-order valence-electron chi connectivity index (χ0n) is 18.9. The molecule has 1 fully saturated rings. The van der Waals surface area contributed by atoms with E-state index in [-0.39, 0.29) is 11.0 Å². The maximum Gasteiger partial charge on any atom is 0.410 e. The molecule has 2 aromatic heterocycles. The van der Waals surface area contributed by atoms with Crippen LogP contribution in [0.3, 0.4) is 0 Å². The standard InChI is InChI=1S/C22H26IN5O4S/c1-15-5-7-16(8-6-15)33(30,31)28-13-17(23)18-19(24-14-25-20(18)28)26-9-11-27(12-10-26)21(29)32-22(2,3)4/h5-8,13-14H,9-12H2,1-4H3. The van der Waals surface area contributed by atoms with Crippen molar-refractivity contribution in [2.75, 3.05) is 31.1 Å². The van der Waals surface area contributed by atoms with Gasteiger partial charge in [-0.05, 0) is 62.4 Å². The number of amides is 1. The van der Waals surface area contributed by atoms with Crippen LogP contribution in [0.5, 0.6) is 0 Å². The van der Waals surface area contributed by atoms with E-state index in [1.165, 1.54) is 10.3 Å². The highest BCUT2D eigenvalue weighted by molar-refractivity contribution is 14.1. The first kappa shape index (κ1) is 23.7. The Morgan fingerprint density at radius 2 is 1.70 bits per heavy atom. The van der Waals surface area contributed by atoms with Crippen molar-refractivity contribution in [3.05, 3.63) is 45.9 Å². The zero-order valence-corrected chi connectivity index (χ0v) is 21.9. The van der Waals surface area contributed by atoms with Gasteiger partial charge in [0.25, 0.3) is 10.0 Å². The van der Waals surface area contributed by atoms with E-state index < -0.39 is 15.6 Å². The third kappa shape index (κ3) is 4.79. The molecule has 0 unspecified atom stereocenters. The lowest BCUT2D eigenvalue weighted by atomic mass is 10.2. The van der Waals surface area contributed by atoms with Gasteiger partial charge >= 0.3 is 6.09 Å². The first-order valence-corrected chi connectivity index (χ1v) is 13.1. The van der Waals surface area contributed by atoms with Crippen LogP contribution in [0, 0.1) is 10.5 Å². The fourth-order valence-electron chi connectivity index (χ4n) is 3.65. The SMILES string of the molecule is Cc1ccc(S(=O)(=O)n2cc(I)c3c(N4CCN(C(=O)OC(C)(C)C)CC4)ncnc32)cc1. The van der Waals surface area contributed by atoms with Crippen molar-refractivity contribution in [1.29, 1.82) is 0 Å². The number of benzene rings is 1. The number of fused-ring (bicyclic) bond motifs is 1. The maximum absolute atomic E-state index is 13.3. The highest BCUT2D eigenvalue weighted by Crippen LogP contribution is 2.32. The fourth-order valence-corrected chi connectivity index (χ4v) is 5.92. The Morgan fingerprint density at radius 1 is 1.06 bits per heavy atom. The first-order chi connectivity index (χ1) is 15.5. The lowest BCUT2D eigenvalue weighted by Gasteiger charge is -2.36. The van der Waals surface area contributed by atoms with Crippen LogP contribution >= 0.6 is 22.6 Å². The molecule has 0 bridgehead atoms. The number of halogens is 1. The smallest absolute Gasteiger partial charge is 0.410 e. The molecule has 1 aliphatic heterocycles. The van der Waals surface area contributed by atoms with E-state index in [9.17, 15) is 13.2 Å². The van der Waals surface area contributed by atoms with Crippen LogP contribution in [-0.2, 0) is 14.8 Å². The third-order valence-corrected chi connectivity index (χ3v) is 7.78. The normalized spacial score (nSPS) is 15.2. The lowest BCUT2D eigenvalue weighted by molar-refractivity contribution is 0.0240. The Balaban J connectivity index is 1.63. The van der Waals surface area contributed by atoms with Crippen LogP contribution in [0.2, 0.25) is 0 Å². The second kappa shape index (κ2) is 8.75. The predicted octanol–water partition coefficient (Wildman–Crippen LogP) is 3.64. The molecule has 11 heteroatoms. The molecule has 33 heavy (non-hydrogen) atoms. The minimum absolute atomic E-state index is 0.201. The zero-order chi connectivity index (χ0) is 24.0. The van der Waals surface area contributed by atoms with Gasteiger partial charge in [-0.2, -0.15) is 0 Å². The average Bonchev–Trinajstić information content (AvgIpc) is 3.11. The van der Waals surface area contributed by atoms with E-state index >= 15 is 0 Å². The van der Waals surface area contributed by atoms with E-state index in [2.05, 4.69) is 37.5 Å². The number of anilines is 1. The van der Waals surface area contributed by atoms with E-state index in [0.717, 1.165) is 9.13 Å². The molecule has 1 aliphatic rings. The van der Waals surface area contributed by atoms with Gasteiger partial charge in [0.2, 0.25) is 0 Å². The van der Waals surface area contributed by atoms with Crippen molar-refractivity contribution in [3.8, 4) is 0 Å². The van der Waals surface area contributed by atoms with Gasteiger partial charge < -0.3 is 14.5 Å². The van der Waals surface area contributed by atoms with Crippen molar-refractivity contribution in [3.63, 3.8) is 0 Å². The van der Waals surface area contributed by atoms with Crippen LogP contribution in [0.4, 0.5) is 10.6 Å². The van der Waals surface area contributed by atoms with Crippen LogP contribution in [-0.4, -0.2) is 65.1 Å². The van der Waals surface area contributed by atoms with Crippen molar-refractivity contribution in [2.45, 2.75) is 38.2 Å². The Morgan fingerprint density at radius 3 is 2.30 bits per heavy atom. The molecular formula is C22H26IN5O4S. The molecule has 0 spiro atoms. The summed E-state index contributed by atoms with van der Waals surface area (Å²) in [6.45, 7) is 9.52. The number of aryl methyl sites for hydroxylation is 1. The molecule has 3 heterocycles. The molecule has 0 saturated carbocycles. The maximum atomic E-state index is 13.3. The number of carbonyl (C=O) groups is 1. The summed E-state index contributed by atoms with van der Waals surface area (Å²) in [5, 5.41) is 0.680. The topological polar surface area (TPSA) is 97.6 Å². The molecule has 176 valence electrons. The monoisotopic (exact) mass is 583 g/mol. The average molecular weight is 583 g/mol. The number of hydrogen-bond acceptors (Lipinski definition) is 7. The molecule has 9 nitrogen and oxygen atoms in total. The molecule has 0 radical (unpaired) electrons. The molecular weight excluding hydrogens is 557 g/mol. The molecule has 1 saturated heterocycles. The quantitative estimate of drug-likeness (QED) is 0.435. The van der Waals surface area contributed by atoms with E-state index in [0.29, 0.717) is 43.0 Å². The van der Waals surface area contributed by atoms with E-state index in [1.54, 1.807) is 35.4 Å². The second-order valence-electron chi connectivity index (χ2n) is 8.94. The van der Waals surface area contributed by atoms with Crippen LogP contribution in [0.1, 0.15) is 26.3 Å². The molecule has 0 N–H and O–H groups in total. The molecule has 1 aromatic carbocycles. The first-order valence-electron chi connectivity index (χ1n) is 10.5. The summed E-state index contributed by atoms with van der Waals surface area (Å²) in [6.07, 6.45) is 2.63. The number of ether oxygens (including phenoxy) is 1. The Labute approximate surface area is 206 Å². The fraction of sp³-hybridized carbons (Fsp3) is 0.409. The number of aromatic nitrogens is 3. The number of nitrogens with zero attached hydrogens (tertiary/aromatic N) is 5. The van der Waals surface area contributed by atoms with Gasteiger partial charge in [0.1, 0.15) is 17.7 Å². The number of carbonyl (C=O) groups excluding carboxylic acids is 1. The summed E-state index contributed by atoms with van der Waals surface area (Å²) in [6, 6.07) is 6.74. The molecule has 0 aliphatic carbocycles. The van der Waals surface area contributed by atoms with Gasteiger partial charge in [-0.15, -0.1) is 0 Å². The Kier molecular flexibility index (Phi) is 6.29. The van der Waals surface area contributed by atoms with Crippen LogP contribution in [0.15, 0.2) is 41.7 Å². The van der Waals surface area contributed by atoms with Gasteiger partial charge in [-0.1, -0.05) is 17.7 Å². The summed E-state index contributed by atoms with van der Waals surface area (Å²) >= 11 is 2.12. The van der Waals surface area contributed by atoms with Gasteiger partial charge in [-0.3, -0.25) is 0 Å². The predicted molar refractivity (Wildman–Crippen MR) is 134 cm³/mol. The van der Waals surface area contributed by atoms with Crippen LogP contribution in [0.25, 0.3) is 11.0 Å². The minimum atomic E-state index is -3.81. The van der Waals surface area contributed by atoms with Gasteiger partial charge in [0, 0.05) is 35.9 Å². The summed E-state index contributed by atoms with van der Waals surface area (Å²) in [4.78, 5) is 25.1. The van der Waals surface area contributed by atoms with Crippen molar-refractivity contribution in [2.24, 2.45) is 0 Å². The lowest BCUT2D eigenvalue weighted by Crippen LogP contribution is -2.50. The van der Waals surface area contributed by atoms with Crippen LogP contribution < -0.4 is 4.90 Å². The highest BCUT2D eigenvalue weighted by atomic mass is 127. The molecule has 4 rings (SSSR count). The summed E-state index contributed by atoms with van der Waals surface area (Å²) in [5.74, 6) is 0.658. The summed E-state index contributed by atoms with van der Waals surface area (Å²) in [5.41, 5.74) is 0.769. The molecule has 3 aromatic rings. The number of hydrogen-bond donors (Lipinski definition) is 0. The largest absolute Gasteiger partial charge is 0.444 e. The van der Waals surface area contributed by atoms with Gasteiger partial charge in [-0.25, -0.2) is 27.2 Å². The number of piperazine rings is 1. The van der Waals surface area contributed by atoms with E-state index in [1.807, 2.05) is 27.7 Å². The Bertz CT molecular complexity index is 1290. The number of rotatable bonds is 3. The van der Waals surface area contributed by atoms with Crippen molar-refractivity contribution in [1.82, 2.24) is 18.8 Å². The van der Waals surface area contributed by atoms with Crippen molar-refractivity contribution >= 4 is 55.6 Å². The highest BCUT2D eigenvalue weighted by Gasteiger charge is 2.29. The third-order valence-electron chi connectivity index (χ3n) is 5.29. The minimum Gasteiger partial charge on any atom is -0.444 e. The Hall–Kier alpha value is -2.41. The summed E-state index contributed by atoms with van der Waals surface area (Å²) < 4.78 is 34.1. The van der Waals surface area contributed by atoms with Crippen molar-refractivity contribution < 1.29 is 17.9 Å². The second-order valence-corrected chi connectivity index (χ2v) is 11.9.